The lowest BCUT2D eigenvalue weighted by molar-refractivity contribution is 0.102. The lowest BCUT2D eigenvalue weighted by Crippen LogP contribution is -2.14. The molecule has 0 fully saturated rings. The smallest absolute Gasteiger partial charge is 0.261 e. The lowest BCUT2D eigenvalue weighted by atomic mass is 10.2. The van der Waals surface area contributed by atoms with Crippen molar-refractivity contribution in [1.82, 2.24) is 0 Å². The number of benzene rings is 3. The third kappa shape index (κ3) is 5.65. The molecule has 0 aromatic heterocycles. The van der Waals surface area contributed by atoms with Crippen LogP contribution in [0.1, 0.15) is 10.4 Å². The fraction of sp³-hybridized carbons (Fsp3) is 0. The fourth-order valence-corrected chi connectivity index (χ4v) is 4.55. The zero-order valence-electron chi connectivity index (χ0n) is 14.4. The monoisotopic (exact) mass is 532 g/mol. The highest BCUT2D eigenvalue weighted by Gasteiger charge is 2.16. The Labute approximate surface area is 191 Å². The van der Waals surface area contributed by atoms with Crippen LogP contribution in [0.5, 0.6) is 0 Å². The van der Waals surface area contributed by atoms with Gasteiger partial charge in [-0.2, -0.15) is 0 Å². The van der Waals surface area contributed by atoms with Gasteiger partial charge in [0, 0.05) is 20.2 Å². The quantitative estimate of drug-likeness (QED) is 0.394. The highest BCUT2D eigenvalue weighted by Crippen LogP contribution is 2.26. The molecule has 29 heavy (non-hydrogen) atoms. The third-order valence-corrected chi connectivity index (χ3v) is 6.37. The summed E-state index contributed by atoms with van der Waals surface area (Å²) in [7, 11) is -3.86. The third-order valence-electron chi connectivity index (χ3n) is 3.71. The molecule has 0 spiro atoms. The van der Waals surface area contributed by atoms with Crippen molar-refractivity contribution in [1.29, 1.82) is 0 Å². The zero-order valence-corrected chi connectivity index (χ0v) is 19.1. The molecule has 150 valence electrons. The van der Waals surface area contributed by atoms with Crippen molar-refractivity contribution < 1.29 is 13.2 Å². The standard InChI is InChI=1S/C19H12BrCl3N2O3S/c20-11-1-6-18(23)17(7-11)19(26)24-14-2-4-16(5-3-14)29(27,28)25-15-9-12(21)8-13(22)10-15/h1-10,25H,(H,24,26). The number of rotatable bonds is 5. The average Bonchev–Trinajstić information content (AvgIpc) is 2.63. The maximum atomic E-state index is 12.6. The predicted octanol–water partition coefficient (Wildman–Crippen LogP) is 6.46. The first-order valence-electron chi connectivity index (χ1n) is 7.99. The van der Waals surface area contributed by atoms with Crippen molar-refractivity contribution >= 4 is 78.0 Å². The van der Waals surface area contributed by atoms with Crippen LogP contribution in [0.2, 0.25) is 15.1 Å². The van der Waals surface area contributed by atoms with Crippen LogP contribution in [0.25, 0.3) is 0 Å². The van der Waals surface area contributed by atoms with Crippen molar-refractivity contribution in [2.24, 2.45) is 0 Å². The first-order chi connectivity index (χ1) is 13.6. The Balaban J connectivity index is 1.77. The summed E-state index contributed by atoms with van der Waals surface area (Å²) in [4.78, 5) is 12.4. The van der Waals surface area contributed by atoms with E-state index >= 15 is 0 Å². The maximum Gasteiger partial charge on any atom is 0.261 e. The summed E-state index contributed by atoms with van der Waals surface area (Å²) in [5.74, 6) is -0.418. The molecule has 0 radical (unpaired) electrons. The van der Waals surface area contributed by atoms with Crippen molar-refractivity contribution in [2.75, 3.05) is 10.0 Å². The minimum absolute atomic E-state index is 0.00656. The number of carbonyl (C=O) groups is 1. The number of carbonyl (C=O) groups excluding carboxylic acids is 1. The minimum Gasteiger partial charge on any atom is -0.322 e. The van der Waals surface area contributed by atoms with Crippen LogP contribution in [-0.4, -0.2) is 14.3 Å². The van der Waals surface area contributed by atoms with E-state index in [2.05, 4.69) is 26.0 Å². The summed E-state index contributed by atoms with van der Waals surface area (Å²) >= 11 is 21.1. The van der Waals surface area contributed by atoms with E-state index < -0.39 is 15.9 Å². The fourth-order valence-electron chi connectivity index (χ4n) is 2.41. The van der Waals surface area contributed by atoms with Crippen LogP contribution < -0.4 is 10.0 Å². The van der Waals surface area contributed by atoms with Gasteiger partial charge in [0.25, 0.3) is 15.9 Å². The van der Waals surface area contributed by atoms with Gasteiger partial charge in [0.1, 0.15) is 0 Å². The summed E-state index contributed by atoms with van der Waals surface area (Å²) in [5.41, 5.74) is 0.942. The second-order valence-electron chi connectivity index (χ2n) is 5.87. The van der Waals surface area contributed by atoms with E-state index in [1.165, 1.54) is 42.5 Å². The van der Waals surface area contributed by atoms with E-state index in [9.17, 15) is 13.2 Å². The summed E-state index contributed by atoms with van der Waals surface area (Å²) in [5, 5.41) is 3.59. The second kappa shape index (κ2) is 8.93. The molecule has 0 saturated heterocycles. The molecule has 5 nitrogen and oxygen atoms in total. The van der Waals surface area contributed by atoms with Crippen LogP contribution in [-0.2, 0) is 10.0 Å². The van der Waals surface area contributed by atoms with Gasteiger partial charge in [-0.25, -0.2) is 8.42 Å². The summed E-state index contributed by atoms with van der Waals surface area (Å²) < 4.78 is 28.2. The Bertz CT molecular complexity index is 1170. The van der Waals surface area contributed by atoms with Crippen LogP contribution >= 0.6 is 50.7 Å². The van der Waals surface area contributed by atoms with E-state index in [1.807, 2.05) is 0 Å². The minimum atomic E-state index is -3.86. The van der Waals surface area contributed by atoms with Gasteiger partial charge < -0.3 is 5.32 Å². The van der Waals surface area contributed by atoms with E-state index in [0.717, 1.165) is 0 Å². The highest BCUT2D eigenvalue weighted by atomic mass is 79.9. The molecule has 2 N–H and O–H groups in total. The van der Waals surface area contributed by atoms with Gasteiger partial charge in [-0.05, 0) is 60.7 Å². The first kappa shape index (κ1) is 21.9. The first-order valence-corrected chi connectivity index (χ1v) is 11.4. The molecule has 1 amide bonds. The van der Waals surface area contributed by atoms with Gasteiger partial charge in [-0.3, -0.25) is 9.52 Å². The molecule has 0 bridgehead atoms. The normalized spacial score (nSPS) is 11.2. The number of hydrogen-bond donors (Lipinski definition) is 2. The number of amides is 1. The van der Waals surface area contributed by atoms with Gasteiger partial charge in [0.15, 0.2) is 0 Å². The molecule has 3 rings (SSSR count). The van der Waals surface area contributed by atoms with E-state index in [4.69, 9.17) is 34.8 Å². The average molecular weight is 535 g/mol. The van der Waals surface area contributed by atoms with E-state index in [0.29, 0.717) is 25.2 Å². The Hall–Kier alpha value is -1.77. The summed E-state index contributed by atoms with van der Waals surface area (Å²) in [6, 6.07) is 15.0. The molecule has 0 unspecified atom stereocenters. The molecule has 0 saturated carbocycles. The van der Waals surface area contributed by atoms with E-state index in [1.54, 1.807) is 18.2 Å². The van der Waals surface area contributed by atoms with Crippen molar-refractivity contribution in [2.45, 2.75) is 4.90 Å². The number of sulfonamides is 1. The van der Waals surface area contributed by atoms with Gasteiger partial charge in [-0.1, -0.05) is 50.7 Å². The molecular weight excluding hydrogens is 523 g/mol. The SMILES string of the molecule is O=C(Nc1ccc(S(=O)(=O)Nc2cc(Cl)cc(Cl)c2)cc1)c1cc(Br)ccc1Cl. The Morgan fingerprint density at radius 1 is 0.828 bits per heavy atom. The number of hydrogen-bond acceptors (Lipinski definition) is 3. The Kier molecular flexibility index (Phi) is 6.76. The van der Waals surface area contributed by atoms with Crippen molar-refractivity contribution in [3.8, 4) is 0 Å². The zero-order chi connectivity index (χ0) is 21.2. The largest absolute Gasteiger partial charge is 0.322 e. The van der Waals surface area contributed by atoms with Crippen LogP contribution in [0.15, 0.2) is 70.0 Å². The highest BCUT2D eigenvalue weighted by molar-refractivity contribution is 9.10. The van der Waals surface area contributed by atoms with E-state index in [-0.39, 0.29) is 16.1 Å². The molecule has 3 aromatic carbocycles. The van der Waals surface area contributed by atoms with Crippen molar-refractivity contribution in [3.63, 3.8) is 0 Å². The summed E-state index contributed by atoms with van der Waals surface area (Å²) in [6.07, 6.45) is 0. The lowest BCUT2D eigenvalue weighted by Gasteiger charge is -2.11. The van der Waals surface area contributed by atoms with Gasteiger partial charge >= 0.3 is 0 Å². The maximum absolute atomic E-state index is 12.6. The van der Waals surface area contributed by atoms with Crippen LogP contribution in [0.4, 0.5) is 11.4 Å². The predicted molar refractivity (Wildman–Crippen MR) is 121 cm³/mol. The number of nitrogens with one attached hydrogen (secondary N) is 2. The topological polar surface area (TPSA) is 75.3 Å². The molecule has 0 heterocycles. The molecular formula is C19H12BrCl3N2O3S. The van der Waals surface area contributed by atoms with Gasteiger partial charge in [0.05, 0.1) is 21.2 Å². The number of anilines is 2. The summed E-state index contributed by atoms with van der Waals surface area (Å²) in [6.45, 7) is 0. The van der Waals surface area contributed by atoms with Gasteiger partial charge in [-0.15, -0.1) is 0 Å². The molecule has 0 aliphatic carbocycles. The molecule has 0 aliphatic heterocycles. The molecule has 0 atom stereocenters. The van der Waals surface area contributed by atoms with Crippen molar-refractivity contribution in [3.05, 3.63) is 85.8 Å². The van der Waals surface area contributed by atoms with Crippen LogP contribution in [0, 0.1) is 0 Å². The second-order valence-corrected chi connectivity index (χ2v) is 9.74. The Morgan fingerprint density at radius 3 is 2.07 bits per heavy atom. The Morgan fingerprint density at radius 2 is 1.45 bits per heavy atom. The molecule has 3 aromatic rings. The van der Waals surface area contributed by atoms with Gasteiger partial charge in [0.2, 0.25) is 0 Å². The number of halogens is 4. The molecule has 0 aliphatic rings. The molecule has 10 heteroatoms. The van der Waals surface area contributed by atoms with Crippen LogP contribution in [0.3, 0.4) is 0 Å².